The average molecular weight is 431 g/mol. The van der Waals surface area contributed by atoms with Gasteiger partial charge in [0.05, 0.1) is 18.6 Å². The molecule has 2 saturated heterocycles. The smallest absolute Gasteiger partial charge is 0.267 e. The fraction of sp³-hybridized carbons (Fsp3) is 0.591. The fourth-order valence-corrected chi connectivity index (χ4v) is 5.58. The summed E-state index contributed by atoms with van der Waals surface area (Å²) in [6.07, 6.45) is 4.15. The maximum atomic E-state index is 13.8. The van der Waals surface area contributed by atoms with E-state index in [1.807, 2.05) is 18.6 Å². The number of aromatic nitrogens is 3. The van der Waals surface area contributed by atoms with E-state index in [-0.39, 0.29) is 36.3 Å². The van der Waals surface area contributed by atoms with Gasteiger partial charge in [-0.15, -0.1) is 0 Å². The lowest BCUT2D eigenvalue weighted by atomic mass is 9.78. The fourth-order valence-electron chi connectivity index (χ4n) is 5.58. The number of hydrogen-bond acceptors (Lipinski definition) is 4. The van der Waals surface area contributed by atoms with E-state index in [0.29, 0.717) is 13.1 Å². The molecule has 0 N–H and O–H groups in total. The molecule has 0 saturated carbocycles. The van der Waals surface area contributed by atoms with Gasteiger partial charge in [-0.2, -0.15) is 0 Å². The number of carbonyl (C=O) groups excluding carboxylic acids is 1. The van der Waals surface area contributed by atoms with Crippen LogP contribution in [0.3, 0.4) is 0 Å². The first-order chi connectivity index (χ1) is 14.9. The zero-order valence-corrected chi connectivity index (χ0v) is 17.6. The normalized spacial score (nSPS) is 27.3. The summed E-state index contributed by atoms with van der Waals surface area (Å²) in [7, 11) is 0. The number of rotatable bonds is 4. The first kappa shape index (κ1) is 20.4. The third kappa shape index (κ3) is 3.58. The van der Waals surface area contributed by atoms with Crippen LogP contribution in [0, 0.1) is 5.92 Å². The molecule has 166 valence electrons. The molecule has 5 rings (SSSR count). The van der Waals surface area contributed by atoms with Crippen molar-refractivity contribution in [3.05, 3.63) is 52.5 Å². The third-order valence-corrected chi connectivity index (χ3v) is 6.98. The Morgan fingerprint density at radius 3 is 2.87 bits per heavy atom. The van der Waals surface area contributed by atoms with Crippen molar-refractivity contribution in [1.29, 1.82) is 0 Å². The molecule has 2 aromatic rings. The minimum absolute atomic E-state index is 0.0365. The van der Waals surface area contributed by atoms with Gasteiger partial charge >= 0.3 is 0 Å². The second-order valence-corrected chi connectivity index (χ2v) is 9.03. The highest BCUT2D eigenvalue weighted by Gasteiger charge is 2.48. The van der Waals surface area contributed by atoms with Gasteiger partial charge in [0.15, 0.2) is 0 Å². The highest BCUT2D eigenvalue weighted by Crippen LogP contribution is 2.43. The van der Waals surface area contributed by atoms with Crippen molar-refractivity contribution >= 4 is 5.91 Å². The lowest BCUT2D eigenvalue weighted by Crippen LogP contribution is -2.53. The van der Waals surface area contributed by atoms with Crippen LogP contribution in [0.5, 0.6) is 0 Å². The SMILES string of the molecule is CCn1cncc1CN1C[C@H]2C[C@@H](C1)[C@H](C(=O)N1CCC(F)(F)C1)n1c2cccc1=O. The number of amides is 1. The second-order valence-electron chi connectivity index (χ2n) is 9.03. The second kappa shape index (κ2) is 7.55. The molecule has 0 aromatic carbocycles. The Labute approximate surface area is 179 Å². The number of likely N-dealkylation sites (tertiary alicyclic amines) is 2. The molecule has 9 heteroatoms. The summed E-state index contributed by atoms with van der Waals surface area (Å²) in [6, 6.07) is 4.36. The number of alkyl halides is 2. The molecule has 3 aliphatic rings. The molecule has 3 atom stereocenters. The monoisotopic (exact) mass is 431 g/mol. The van der Waals surface area contributed by atoms with E-state index >= 15 is 0 Å². The Bertz CT molecular complexity index is 1050. The van der Waals surface area contributed by atoms with Crippen LogP contribution < -0.4 is 5.56 Å². The van der Waals surface area contributed by atoms with Crippen molar-refractivity contribution in [2.45, 2.75) is 50.7 Å². The Kier molecular flexibility index (Phi) is 4.96. The van der Waals surface area contributed by atoms with Crippen LogP contribution in [0.15, 0.2) is 35.5 Å². The van der Waals surface area contributed by atoms with Gasteiger partial charge in [-0.05, 0) is 19.4 Å². The van der Waals surface area contributed by atoms with Crippen molar-refractivity contribution in [3.8, 4) is 0 Å². The first-order valence-electron chi connectivity index (χ1n) is 11.0. The van der Waals surface area contributed by atoms with Gasteiger partial charge in [0.2, 0.25) is 5.91 Å². The average Bonchev–Trinajstić information content (AvgIpc) is 3.34. The van der Waals surface area contributed by atoms with Gasteiger partial charge in [-0.3, -0.25) is 19.1 Å². The van der Waals surface area contributed by atoms with Crippen molar-refractivity contribution in [2.24, 2.45) is 5.92 Å². The topological polar surface area (TPSA) is 63.4 Å². The summed E-state index contributed by atoms with van der Waals surface area (Å²) >= 11 is 0. The van der Waals surface area contributed by atoms with Crippen LogP contribution in [0.1, 0.15) is 43.1 Å². The highest BCUT2D eigenvalue weighted by atomic mass is 19.3. The van der Waals surface area contributed by atoms with E-state index < -0.39 is 18.5 Å². The molecule has 2 bridgehead atoms. The zero-order chi connectivity index (χ0) is 21.8. The Morgan fingerprint density at radius 1 is 1.29 bits per heavy atom. The molecule has 2 aromatic heterocycles. The van der Waals surface area contributed by atoms with Gasteiger partial charge < -0.3 is 9.47 Å². The molecule has 1 amide bonds. The number of pyridine rings is 1. The summed E-state index contributed by atoms with van der Waals surface area (Å²) in [5.41, 5.74) is 1.71. The number of aryl methyl sites for hydroxylation is 1. The van der Waals surface area contributed by atoms with Crippen LogP contribution in [-0.2, 0) is 17.9 Å². The lowest BCUT2D eigenvalue weighted by Gasteiger charge is -2.47. The highest BCUT2D eigenvalue weighted by molar-refractivity contribution is 5.81. The summed E-state index contributed by atoms with van der Waals surface area (Å²) < 4.78 is 31.3. The predicted octanol–water partition coefficient (Wildman–Crippen LogP) is 2.09. The Balaban J connectivity index is 1.47. The number of halogens is 2. The lowest BCUT2D eigenvalue weighted by molar-refractivity contribution is -0.138. The molecule has 31 heavy (non-hydrogen) atoms. The minimum Gasteiger partial charge on any atom is -0.335 e. The Hall–Kier alpha value is -2.55. The number of carbonyl (C=O) groups is 1. The molecule has 0 unspecified atom stereocenters. The molecule has 0 spiro atoms. The molecular weight excluding hydrogens is 404 g/mol. The van der Waals surface area contributed by atoms with E-state index in [1.165, 1.54) is 11.0 Å². The van der Waals surface area contributed by atoms with Gasteiger partial charge in [0, 0.05) is 68.9 Å². The van der Waals surface area contributed by atoms with Crippen molar-refractivity contribution in [3.63, 3.8) is 0 Å². The van der Waals surface area contributed by atoms with E-state index in [9.17, 15) is 18.4 Å². The minimum atomic E-state index is -2.85. The molecule has 5 heterocycles. The number of fused-ring (bicyclic) bond motifs is 4. The standard InChI is InChI=1S/C22H27F2N5O2/c1-2-27-14-25-9-17(27)12-26-10-15-8-16(11-26)20(29-18(15)4-3-5-19(29)30)21(31)28-7-6-22(23,24)13-28/h3-5,9,14-16,20H,2,6-8,10-13H2,1H3/t15-,16+,20-/m1/s1. The summed E-state index contributed by atoms with van der Waals surface area (Å²) in [5.74, 6) is -3.16. The van der Waals surface area contributed by atoms with Gasteiger partial charge in [0.25, 0.3) is 11.5 Å². The predicted molar refractivity (Wildman–Crippen MR) is 110 cm³/mol. The van der Waals surface area contributed by atoms with E-state index in [0.717, 1.165) is 30.9 Å². The van der Waals surface area contributed by atoms with Crippen LogP contribution in [-0.4, -0.2) is 61.9 Å². The molecule has 2 fully saturated rings. The Morgan fingerprint density at radius 2 is 2.13 bits per heavy atom. The first-order valence-corrected chi connectivity index (χ1v) is 11.0. The van der Waals surface area contributed by atoms with Crippen molar-refractivity contribution < 1.29 is 13.6 Å². The zero-order valence-electron chi connectivity index (χ0n) is 17.6. The van der Waals surface area contributed by atoms with Crippen molar-refractivity contribution in [1.82, 2.24) is 23.9 Å². The third-order valence-electron chi connectivity index (χ3n) is 6.98. The van der Waals surface area contributed by atoms with Crippen LogP contribution >= 0.6 is 0 Å². The number of nitrogens with zero attached hydrogens (tertiary/aromatic N) is 5. The number of hydrogen-bond donors (Lipinski definition) is 0. The molecular formula is C22H27F2N5O2. The van der Waals surface area contributed by atoms with Gasteiger partial charge in [-0.25, -0.2) is 13.8 Å². The van der Waals surface area contributed by atoms with E-state index in [2.05, 4.69) is 21.4 Å². The maximum absolute atomic E-state index is 13.8. The van der Waals surface area contributed by atoms with Gasteiger partial charge in [0.1, 0.15) is 6.04 Å². The molecule has 3 aliphatic heterocycles. The van der Waals surface area contributed by atoms with Crippen LogP contribution in [0.2, 0.25) is 0 Å². The molecule has 7 nitrogen and oxygen atoms in total. The summed E-state index contributed by atoms with van der Waals surface area (Å²) in [5, 5.41) is 0. The molecule has 0 radical (unpaired) electrons. The quantitative estimate of drug-likeness (QED) is 0.744. The molecule has 0 aliphatic carbocycles. The van der Waals surface area contributed by atoms with Crippen LogP contribution in [0.25, 0.3) is 0 Å². The van der Waals surface area contributed by atoms with Gasteiger partial charge in [-0.1, -0.05) is 6.07 Å². The number of piperidine rings is 1. The van der Waals surface area contributed by atoms with E-state index in [1.54, 1.807) is 10.6 Å². The van der Waals surface area contributed by atoms with Crippen molar-refractivity contribution in [2.75, 3.05) is 26.2 Å². The summed E-state index contributed by atoms with van der Waals surface area (Å²) in [4.78, 5) is 34.0. The summed E-state index contributed by atoms with van der Waals surface area (Å²) in [6.45, 7) is 4.52. The van der Waals surface area contributed by atoms with E-state index in [4.69, 9.17) is 0 Å². The van der Waals surface area contributed by atoms with Crippen LogP contribution in [0.4, 0.5) is 8.78 Å². The number of imidazole rings is 1. The maximum Gasteiger partial charge on any atom is 0.267 e. The largest absolute Gasteiger partial charge is 0.335 e.